The highest BCUT2D eigenvalue weighted by atomic mass is 32.2. The van der Waals surface area contributed by atoms with Crippen LogP contribution >= 0.6 is 11.8 Å². The van der Waals surface area contributed by atoms with Gasteiger partial charge in [0.15, 0.2) is 0 Å². The summed E-state index contributed by atoms with van der Waals surface area (Å²) in [6, 6.07) is 16.5. The first-order chi connectivity index (χ1) is 13.9. The molecule has 3 aromatic rings. The van der Waals surface area contributed by atoms with Gasteiger partial charge < -0.3 is 10.1 Å². The summed E-state index contributed by atoms with van der Waals surface area (Å²) in [5, 5.41) is 3.93. The van der Waals surface area contributed by atoms with E-state index in [1.54, 1.807) is 37.3 Å². The number of nitrogens with one attached hydrogen (secondary N) is 1. The van der Waals surface area contributed by atoms with Crippen molar-refractivity contribution in [3.05, 3.63) is 83.8 Å². The maximum absolute atomic E-state index is 13.1. The normalized spacial score (nSPS) is 12.3. The van der Waals surface area contributed by atoms with E-state index >= 15 is 0 Å². The number of methoxy groups -OCH3 is 1. The van der Waals surface area contributed by atoms with E-state index in [1.807, 2.05) is 48.5 Å². The summed E-state index contributed by atoms with van der Waals surface area (Å²) in [6.07, 6.45) is 3.39. The minimum Gasteiger partial charge on any atom is -0.497 e. The van der Waals surface area contributed by atoms with Gasteiger partial charge in [0, 0.05) is 22.7 Å². The molecule has 5 nitrogen and oxygen atoms in total. The van der Waals surface area contributed by atoms with Gasteiger partial charge in [-0.1, -0.05) is 39.0 Å². The SMILES string of the molecule is COc1cccc(C(NC(=O)c2ccnc(SC(C)(C)C)c2)c2ccccn2)c1. The number of thioether (sulfide) groups is 1. The third-order valence-corrected chi connectivity index (χ3v) is 5.14. The quantitative estimate of drug-likeness (QED) is 0.589. The molecule has 0 fully saturated rings. The van der Waals surface area contributed by atoms with Crippen molar-refractivity contribution in [2.24, 2.45) is 0 Å². The summed E-state index contributed by atoms with van der Waals surface area (Å²) in [6.45, 7) is 6.35. The highest BCUT2D eigenvalue weighted by Gasteiger charge is 2.21. The standard InChI is InChI=1S/C23H25N3O2S/c1-23(2,3)29-20-15-17(11-13-25-20)22(27)26-21(19-10-5-6-12-24-19)16-8-7-9-18(14-16)28-4/h5-15,21H,1-4H3,(H,26,27). The third kappa shape index (κ3) is 5.81. The molecule has 0 spiro atoms. The Morgan fingerprint density at radius 1 is 1.03 bits per heavy atom. The largest absolute Gasteiger partial charge is 0.497 e. The smallest absolute Gasteiger partial charge is 0.252 e. The molecule has 1 unspecified atom stereocenters. The van der Waals surface area contributed by atoms with Crippen LogP contribution in [0.25, 0.3) is 0 Å². The number of pyridine rings is 2. The lowest BCUT2D eigenvalue weighted by Crippen LogP contribution is -2.30. The molecule has 2 aromatic heterocycles. The molecule has 150 valence electrons. The van der Waals surface area contributed by atoms with Gasteiger partial charge in [-0.25, -0.2) is 4.98 Å². The van der Waals surface area contributed by atoms with Gasteiger partial charge in [-0.05, 0) is 42.0 Å². The first-order valence-electron chi connectivity index (χ1n) is 9.36. The number of amides is 1. The van der Waals surface area contributed by atoms with E-state index in [-0.39, 0.29) is 10.7 Å². The van der Waals surface area contributed by atoms with Crippen LogP contribution in [0.3, 0.4) is 0 Å². The van der Waals surface area contributed by atoms with Crippen LogP contribution in [0.1, 0.15) is 48.4 Å². The Hall–Kier alpha value is -2.86. The summed E-state index contributed by atoms with van der Waals surface area (Å²) in [5.74, 6) is 0.548. The fraction of sp³-hybridized carbons (Fsp3) is 0.261. The number of hydrogen-bond acceptors (Lipinski definition) is 5. The Morgan fingerprint density at radius 3 is 2.55 bits per heavy atom. The molecular weight excluding hydrogens is 382 g/mol. The van der Waals surface area contributed by atoms with Crippen molar-refractivity contribution in [2.75, 3.05) is 7.11 Å². The number of carbonyl (C=O) groups is 1. The van der Waals surface area contributed by atoms with Crippen molar-refractivity contribution < 1.29 is 9.53 Å². The second-order valence-electron chi connectivity index (χ2n) is 7.53. The van der Waals surface area contributed by atoms with Crippen LogP contribution in [-0.2, 0) is 0 Å². The average Bonchev–Trinajstić information content (AvgIpc) is 2.71. The third-order valence-electron chi connectivity index (χ3n) is 4.09. The number of nitrogens with zero attached hydrogens (tertiary/aromatic N) is 2. The van der Waals surface area contributed by atoms with Crippen LogP contribution in [0.15, 0.2) is 72.0 Å². The van der Waals surface area contributed by atoms with E-state index in [2.05, 4.69) is 36.1 Å². The lowest BCUT2D eigenvalue weighted by atomic mass is 10.0. The minimum absolute atomic E-state index is 0.0131. The molecular formula is C23H25N3O2S. The highest BCUT2D eigenvalue weighted by Crippen LogP contribution is 2.31. The molecule has 6 heteroatoms. The summed E-state index contributed by atoms with van der Waals surface area (Å²) in [5.41, 5.74) is 2.22. The van der Waals surface area contributed by atoms with E-state index < -0.39 is 6.04 Å². The van der Waals surface area contributed by atoms with Crippen molar-refractivity contribution in [3.8, 4) is 5.75 Å². The number of aromatic nitrogens is 2. The van der Waals surface area contributed by atoms with Crippen LogP contribution in [0.5, 0.6) is 5.75 Å². The van der Waals surface area contributed by atoms with Gasteiger partial charge in [-0.2, -0.15) is 0 Å². The van der Waals surface area contributed by atoms with E-state index in [0.717, 1.165) is 22.0 Å². The van der Waals surface area contributed by atoms with Gasteiger partial charge in [-0.3, -0.25) is 9.78 Å². The fourth-order valence-corrected chi connectivity index (χ4v) is 3.76. The van der Waals surface area contributed by atoms with Gasteiger partial charge >= 0.3 is 0 Å². The number of carbonyl (C=O) groups excluding carboxylic acids is 1. The molecule has 29 heavy (non-hydrogen) atoms. The predicted molar refractivity (Wildman–Crippen MR) is 116 cm³/mol. The summed E-state index contributed by atoms with van der Waals surface area (Å²) < 4.78 is 5.36. The first kappa shape index (κ1) is 20.9. The molecule has 3 rings (SSSR count). The van der Waals surface area contributed by atoms with Crippen LogP contribution in [0.2, 0.25) is 0 Å². The van der Waals surface area contributed by atoms with Gasteiger partial charge in [-0.15, -0.1) is 11.8 Å². The molecule has 1 aromatic carbocycles. The maximum Gasteiger partial charge on any atom is 0.252 e. The number of hydrogen-bond donors (Lipinski definition) is 1. The van der Waals surface area contributed by atoms with Gasteiger partial charge in [0.05, 0.1) is 23.9 Å². The van der Waals surface area contributed by atoms with E-state index in [4.69, 9.17) is 4.74 Å². The first-order valence-corrected chi connectivity index (χ1v) is 10.2. The summed E-state index contributed by atoms with van der Waals surface area (Å²) >= 11 is 1.63. The highest BCUT2D eigenvalue weighted by molar-refractivity contribution is 8.00. The zero-order chi connectivity index (χ0) is 20.9. The van der Waals surface area contributed by atoms with E-state index in [1.165, 1.54) is 0 Å². The van der Waals surface area contributed by atoms with E-state index in [0.29, 0.717) is 5.56 Å². The molecule has 0 saturated heterocycles. The van der Waals surface area contributed by atoms with Crippen molar-refractivity contribution in [1.29, 1.82) is 0 Å². The van der Waals surface area contributed by atoms with Crippen LogP contribution < -0.4 is 10.1 Å². The average molecular weight is 408 g/mol. The number of rotatable bonds is 6. The Labute approximate surface area is 175 Å². The van der Waals surface area contributed by atoms with Crippen molar-refractivity contribution >= 4 is 17.7 Å². The second kappa shape index (κ2) is 9.09. The predicted octanol–water partition coefficient (Wildman–Crippen LogP) is 4.90. The van der Waals surface area contributed by atoms with Crippen molar-refractivity contribution in [1.82, 2.24) is 15.3 Å². The van der Waals surface area contributed by atoms with Gasteiger partial charge in [0.2, 0.25) is 0 Å². The van der Waals surface area contributed by atoms with Crippen molar-refractivity contribution in [2.45, 2.75) is 36.6 Å². The molecule has 1 atom stereocenters. The van der Waals surface area contributed by atoms with E-state index in [9.17, 15) is 4.79 Å². The molecule has 1 amide bonds. The molecule has 2 heterocycles. The zero-order valence-electron chi connectivity index (χ0n) is 17.0. The molecule has 0 aliphatic rings. The fourth-order valence-electron chi connectivity index (χ4n) is 2.83. The molecule has 0 radical (unpaired) electrons. The lowest BCUT2D eigenvalue weighted by Gasteiger charge is -2.20. The monoisotopic (exact) mass is 407 g/mol. The minimum atomic E-state index is -0.398. The van der Waals surface area contributed by atoms with Gasteiger partial charge in [0.25, 0.3) is 5.91 Å². The van der Waals surface area contributed by atoms with Crippen molar-refractivity contribution in [3.63, 3.8) is 0 Å². The molecule has 0 aliphatic carbocycles. The Morgan fingerprint density at radius 2 is 1.86 bits per heavy atom. The Bertz CT molecular complexity index is 971. The van der Waals surface area contributed by atoms with Crippen LogP contribution in [0.4, 0.5) is 0 Å². The van der Waals surface area contributed by atoms with Gasteiger partial charge in [0.1, 0.15) is 5.75 Å². The van der Waals surface area contributed by atoms with Crippen LogP contribution in [0, 0.1) is 0 Å². The summed E-state index contributed by atoms with van der Waals surface area (Å²) in [4.78, 5) is 21.9. The number of ether oxygens (including phenoxy) is 1. The van der Waals surface area contributed by atoms with Crippen LogP contribution in [-0.4, -0.2) is 27.7 Å². The zero-order valence-corrected chi connectivity index (χ0v) is 17.9. The lowest BCUT2D eigenvalue weighted by molar-refractivity contribution is 0.0942. The molecule has 0 saturated carbocycles. The number of benzene rings is 1. The molecule has 0 aliphatic heterocycles. The molecule has 1 N–H and O–H groups in total. The Kier molecular flexibility index (Phi) is 6.54. The second-order valence-corrected chi connectivity index (χ2v) is 9.38. The topological polar surface area (TPSA) is 64.1 Å². The molecule has 0 bridgehead atoms. The Balaban J connectivity index is 1.90. The maximum atomic E-state index is 13.1. The summed E-state index contributed by atoms with van der Waals surface area (Å²) in [7, 11) is 1.62.